The molecule has 0 bridgehead atoms. The monoisotopic (exact) mass is 552 g/mol. The van der Waals surface area contributed by atoms with Gasteiger partial charge in [-0.25, -0.2) is 4.79 Å². The largest absolute Gasteiger partial charge is 0.473 e. The van der Waals surface area contributed by atoms with Gasteiger partial charge < -0.3 is 4.74 Å². The predicted octanol–water partition coefficient (Wildman–Crippen LogP) is 7.03. The van der Waals surface area contributed by atoms with E-state index >= 15 is 0 Å². The Morgan fingerprint density at radius 3 is 1.24 bits per heavy atom. The van der Waals surface area contributed by atoms with Gasteiger partial charge in [0.1, 0.15) is 5.03 Å². The molecule has 0 fully saturated rings. The predicted molar refractivity (Wildman–Crippen MR) is 71.0 cm³/mol. The molecule has 196 valence electrons. The number of hydrogen-bond donors (Lipinski definition) is 0. The van der Waals surface area contributed by atoms with E-state index in [0.717, 1.165) is 6.92 Å². The summed E-state index contributed by atoms with van der Waals surface area (Å²) >= 11 is 4.88. The number of ether oxygens (including phenoxy) is 1. The minimum Gasteiger partial charge on any atom is -0.392 e. The Morgan fingerprint density at radius 2 is 0.939 bits per heavy atom. The second kappa shape index (κ2) is 8.51. The van der Waals surface area contributed by atoms with Gasteiger partial charge >= 0.3 is 53.8 Å². The number of carbonyl (C=O) groups is 1. The molecule has 0 saturated carbocycles. The van der Waals surface area contributed by atoms with Gasteiger partial charge in [0, 0.05) is 0 Å². The molecule has 0 amide bonds. The maximum Gasteiger partial charge on any atom is 0.473 e. The topological polar surface area (TPSA) is 26.3 Å². The van der Waals surface area contributed by atoms with Gasteiger partial charge in [-0.15, -0.1) is 0 Å². The van der Waals surface area contributed by atoms with Crippen LogP contribution in [0.25, 0.3) is 0 Å². The van der Waals surface area contributed by atoms with Crippen molar-refractivity contribution >= 4 is 17.6 Å². The Kier molecular flexibility index (Phi) is 8.08. The first kappa shape index (κ1) is 31.3. The number of halogens is 18. The molecular formula is C13H6ClF17O2. The highest BCUT2D eigenvalue weighted by Gasteiger charge is 2.95. The maximum absolute atomic E-state index is 13.4. The number of hydrogen-bond acceptors (Lipinski definition) is 2. The molecule has 0 radical (unpaired) electrons. The van der Waals surface area contributed by atoms with E-state index in [1.165, 1.54) is 0 Å². The third-order valence-corrected chi connectivity index (χ3v) is 3.80. The van der Waals surface area contributed by atoms with Crippen molar-refractivity contribution < 1.29 is 84.2 Å². The lowest BCUT2D eigenvalue weighted by Crippen LogP contribution is -2.74. The number of alkyl halides is 17. The fourth-order valence-corrected chi connectivity index (χ4v) is 1.83. The van der Waals surface area contributed by atoms with E-state index in [1.807, 2.05) is 0 Å². The van der Waals surface area contributed by atoms with Gasteiger partial charge in [-0.2, -0.15) is 74.6 Å². The molecule has 2 nitrogen and oxygen atoms in total. The summed E-state index contributed by atoms with van der Waals surface area (Å²) in [5.74, 6) is -53.9. The Balaban J connectivity index is 6.64. The smallest absolute Gasteiger partial charge is 0.392 e. The van der Waals surface area contributed by atoms with Crippen LogP contribution in [0.4, 0.5) is 74.6 Å². The second-order valence-corrected chi connectivity index (χ2v) is 6.22. The van der Waals surface area contributed by atoms with Crippen molar-refractivity contribution in [2.45, 2.75) is 61.2 Å². The molecular weight excluding hydrogens is 547 g/mol. The zero-order valence-electron chi connectivity index (χ0n) is 14.9. The van der Waals surface area contributed by atoms with Crippen molar-refractivity contribution in [1.82, 2.24) is 0 Å². The van der Waals surface area contributed by atoms with Gasteiger partial charge in [0.2, 0.25) is 0 Å². The third-order valence-electron chi connectivity index (χ3n) is 3.49. The molecule has 0 rings (SSSR count). The molecule has 0 unspecified atom stereocenters. The van der Waals surface area contributed by atoms with E-state index in [-0.39, 0.29) is 6.42 Å². The molecule has 0 N–H and O–H groups in total. The fourth-order valence-electron chi connectivity index (χ4n) is 1.64. The Bertz CT molecular complexity index is 767. The third kappa shape index (κ3) is 4.52. The standard InChI is InChI=1S/C13H6ClF17O2/c1-2-3-4(14)5(32)33-13(30,31)11(25,26)9(21,22)7(17,18)6(15,16)8(19,20)10(23,24)12(27,28)29/h3H,2H2,1H3. The zero-order valence-corrected chi connectivity index (χ0v) is 15.7. The van der Waals surface area contributed by atoms with Crippen LogP contribution < -0.4 is 0 Å². The van der Waals surface area contributed by atoms with Crippen LogP contribution in [0.1, 0.15) is 13.3 Å². The molecule has 0 aliphatic heterocycles. The minimum absolute atomic E-state index is 0.348. The lowest BCUT2D eigenvalue weighted by molar-refractivity contribution is -0.473. The van der Waals surface area contributed by atoms with Crippen LogP contribution in [-0.2, 0) is 9.53 Å². The fraction of sp³-hybridized carbons (Fsp3) is 0.769. The van der Waals surface area contributed by atoms with E-state index < -0.39 is 58.8 Å². The summed E-state index contributed by atoms with van der Waals surface area (Å²) < 4.78 is 223. The van der Waals surface area contributed by atoms with Crippen molar-refractivity contribution in [2.24, 2.45) is 0 Å². The van der Waals surface area contributed by atoms with Crippen molar-refractivity contribution in [3.63, 3.8) is 0 Å². The molecule has 0 spiro atoms. The molecule has 0 atom stereocenters. The van der Waals surface area contributed by atoms with Crippen LogP contribution in [0.3, 0.4) is 0 Å². The van der Waals surface area contributed by atoms with E-state index in [1.54, 1.807) is 0 Å². The van der Waals surface area contributed by atoms with E-state index in [2.05, 4.69) is 4.74 Å². The molecule has 33 heavy (non-hydrogen) atoms. The lowest BCUT2D eigenvalue weighted by atomic mass is 9.90. The van der Waals surface area contributed by atoms with E-state index in [4.69, 9.17) is 11.6 Å². The first-order valence-electron chi connectivity index (χ1n) is 7.42. The molecule has 0 aromatic rings. The van der Waals surface area contributed by atoms with Gasteiger partial charge in [-0.05, 0) is 6.42 Å². The Morgan fingerprint density at radius 1 is 0.636 bits per heavy atom. The van der Waals surface area contributed by atoms with Crippen LogP contribution >= 0.6 is 11.6 Å². The number of carbonyl (C=O) groups excluding carboxylic acids is 1. The first-order valence-corrected chi connectivity index (χ1v) is 7.80. The van der Waals surface area contributed by atoms with Crippen LogP contribution in [0.2, 0.25) is 0 Å². The van der Waals surface area contributed by atoms with Crippen LogP contribution in [0.15, 0.2) is 11.1 Å². The average molecular weight is 553 g/mol. The highest BCUT2D eigenvalue weighted by molar-refractivity contribution is 6.41. The first-order chi connectivity index (χ1) is 14.1. The van der Waals surface area contributed by atoms with Gasteiger partial charge in [-0.1, -0.05) is 24.6 Å². The minimum atomic E-state index is -8.76. The zero-order chi connectivity index (χ0) is 27.3. The van der Waals surface area contributed by atoms with Crippen LogP contribution in [-0.4, -0.2) is 53.8 Å². The van der Waals surface area contributed by atoms with Gasteiger partial charge in [0.25, 0.3) is 0 Å². The van der Waals surface area contributed by atoms with Crippen molar-refractivity contribution in [3.8, 4) is 0 Å². The SMILES string of the molecule is CCC=C(Cl)C(=O)OC(F)(F)C(F)(F)C(F)(F)C(F)(F)C(F)(F)C(F)(F)C(F)(F)C(F)(F)F. The highest BCUT2D eigenvalue weighted by atomic mass is 35.5. The Labute approximate surface area is 175 Å². The van der Waals surface area contributed by atoms with E-state index in [9.17, 15) is 79.4 Å². The summed E-state index contributed by atoms with van der Waals surface area (Å²) in [4.78, 5) is 11.0. The summed E-state index contributed by atoms with van der Waals surface area (Å²) in [6.45, 7) is 1.11. The quantitative estimate of drug-likeness (QED) is 0.174. The van der Waals surface area contributed by atoms with Gasteiger partial charge in [-0.3, -0.25) is 0 Å². The average Bonchev–Trinajstić information content (AvgIpc) is 2.59. The molecule has 0 aliphatic rings. The summed E-state index contributed by atoms with van der Waals surface area (Å²) in [5, 5.41) is -1.58. The molecule has 20 heteroatoms. The van der Waals surface area contributed by atoms with Crippen molar-refractivity contribution in [2.75, 3.05) is 0 Å². The molecule has 0 aromatic carbocycles. The van der Waals surface area contributed by atoms with E-state index in [0.29, 0.717) is 6.08 Å². The Hall–Kier alpha value is -1.69. The molecule has 0 heterocycles. The number of esters is 1. The normalized spacial score (nSPS) is 16.2. The summed E-state index contributed by atoms with van der Waals surface area (Å²) in [7, 11) is 0. The molecule has 0 saturated heterocycles. The van der Waals surface area contributed by atoms with Gasteiger partial charge in [0.15, 0.2) is 0 Å². The van der Waals surface area contributed by atoms with Crippen LogP contribution in [0, 0.1) is 0 Å². The summed E-state index contributed by atoms with van der Waals surface area (Å²) in [5.41, 5.74) is 0. The highest BCUT2D eigenvalue weighted by Crippen LogP contribution is 2.64. The van der Waals surface area contributed by atoms with Crippen molar-refractivity contribution in [3.05, 3.63) is 11.1 Å². The van der Waals surface area contributed by atoms with Gasteiger partial charge in [0.05, 0.1) is 0 Å². The van der Waals surface area contributed by atoms with Crippen molar-refractivity contribution in [1.29, 1.82) is 0 Å². The molecule has 0 aliphatic carbocycles. The molecule has 0 aromatic heterocycles. The second-order valence-electron chi connectivity index (χ2n) is 5.81. The number of allylic oxidation sites excluding steroid dienone is 1. The maximum atomic E-state index is 13.4. The summed E-state index contributed by atoms with van der Waals surface area (Å²) in [6.07, 6.45) is -15.1. The van der Waals surface area contributed by atoms with Crippen LogP contribution in [0.5, 0.6) is 0 Å². The number of rotatable bonds is 9. The summed E-state index contributed by atoms with van der Waals surface area (Å²) in [6, 6.07) is 0. The lowest BCUT2D eigenvalue weighted by Gasteiger charge is -2.42.